The van der Waals surface area contributed by atoms with Crippen LogP contribution in [0.5, 0.6) is 0 Å². The molecule has 45 heavy (non-hydrogen) atoms. The molecule has 4 aliphatic carbocycles. The molecule has 1 aromatic carbocycles. The largest absolute Gasteiger partial charge is 0.458 e. The molecule has 0 spiro atoms. The zero-order valence-electron chi connectivity index (χ0n) is 25.1. The molecule has 11 heteroatoms. The Labute approximate surface area is 262 Å². The fourth-order valence-corrected chi connectivity index (χ4v) is 9.24. The minimum Gasteiger partial charge on any atom is -0.458 e. The van der Waals surface area contributed by atoms with Gasteiger partial charge in [0.15, 0.2) is 5.78 Å². The highest BCUT2D eigenvalue weighted by atomic mass is 32.1. The van der Waals surface area contributed by atoms with Crippen molar-refractivity contribution in [1.29, 1.82) is 0 Å². The predicted molar refractivity (Wildman–Crippen MR) is 158 cm³/mol. The molecule has 4 aliphatic rings. The Morgan fingerprint density at radius 3 is 2.53 bits per heavy atom. The lowest BCUT2D eigenvalue weighted by Crippen LogP contribution is -2.65. The third kappa shape index (κ3) is 5.27. The maximum Gasteiger partial charge on any atom is 0.456 e. The van der Waals surface area contributed by atoms with Gasteiger partial charge in [0.1, 0.15) is 11.7 Å². The number of hydrogen-bond acceptors (Lipinski definition) is 6. The van der Waals surface area contributed by atoms with E-state index in [9.17, 15) is 27.9 Å². The highest BCUT2D eigenvalue weighted by Gasteiger charge is 2.79. The molecule has 0 amide bonds. The second-order valence-electron chi connectivity index (χ2n) is 13.2. The zero-order valence-corrected chi connectivity index (χ0v) is 25.9. The van der Waals surface area contributed by atoms with Crippen LogP contribution in [0.2, 0.25) is 0 Å². The first kappa shape index (κ1) is 32.0. The Bertz CT molecular complexity index is 1530. The number of benzene rings is 1. The summed E-state index contributed by atoms with van der Waals surface area (Å²) < 4.78 is 77.4. The smallest absolute Gasteiger partial charge is 0.456 e. The molecule has 0 bridgehead atoms. The summed E-state index contributed by atoms with van der Waals surface area (Å²) >= 11 is 1.46. The number of hydrogen-bond donors (Lipinski definition) is 1. The van der Waals surface area contributed by atoms with Gasteiger partial charge in [-0.05, 0) is 85.6 Å². The van der Waals surface area contributed by atoms with Crippen molar-refractivity contribution in [3.8, 4) is 0 Å². The number of carbonyl (C=O) groups excluding carboxylic acids is 2. The number of allylic oxidation sites excluding steroid dienone is 4. The van der Waals surface area contributed by atoms with E-state index in [0.29, 0.717) is 37.7 Å². The molecule has 0 radical (unpaired) electrons. The van der Waals surface area contributed by atoms with E-state index in [2.05, 4.69) is 4.98 Å². The lowest BCUT2D eigenvalue weighted by Gasteiger charge is -2.56. The quantitative estimate of drug-likeness (QED) is 0.242. The molecule has 2 fully saturated rings. The van der Waals surface area contributed by atoms with Crippen molar-refractivity contribution >= 4 is 23.1 Å². The predicted octanol–water partition coefficient (Wildman–Crippen LogP) is 8.21. The fraction of sp³-hybridized carbons (Fsp3) is 0.559. The number of ether oxygens (including phenoxy) is 1. The third-order valence-corrected chi connectivity index (χ3v) is 11.7. The van der Waals surface area contributed by atoms with Gasteiger partial charge in [0.2, 0.25) is 0 Å². The SMILES string of the molecule is CC(OC(=O)CCc1nccs1)c1ccc([C@H]2C[C@@]3(C)[C@@H](CC[C@@]3(O)C(F)(F)C(F)(F)F)[C@@H]3CCC4=CC(=O)CCC4=C32)cc1. The van der Waals surface area contributed by atoms with E-state index in [1.165, 1.54) is 18.3 Å². The van der Waals surface area contributed by atoms with Crippen LogP contribution in [0.3, 0.4) is 0 Å². The number of thiazole rings is 1. The minimum atomic E-state index is -5.89. The molecule has 0 saturated heterocycles. The molecule has 242 valence electrons. The molecule has 1 N–H and O–H groups in total. The summed E-state index contributed by atoms with van der Waals surface area (Å²) in [5.74, 6) is -6.99. The van der Waals surface area contributed by atoms with Crippen LogP contribution in [0.15, 0.2) is 58.6 Å². The summed E-state index contributed by atoms with van der Waals surface area (Å²) in [6, 6.07) is 7.21. The van der Waals surface area contributed by atoms with Gasteiger partial charge < -0.3 is 9.84 Å². The van der Waals surface area contributed by atoms with E-state index < -0.39 is 47.5 Å². The number of aliphatic hydroxyl groups is 1. The van der Waals surface area contributed by atoms with Gasteiger partial charge in [-0.25, -0.2) is 4.98 Å². The van der Waals surface area contributed by atoms with Gasteiger partial charge in [-0.15, -0.1) is 11.3 Å². The van der Waals surface area contributed by atoms with E-state index >= 15 is 8.78 Å². The summed E-state index contributed by atoms with van der Waals surface area (Å²) in [7, 11) is 0. The molecule has 6 atom stereocenters. The minimum absolute atomic E-state index is 0.0320. The Balaban J connectivity index is 1.33. The van der Waals surface area contributed by atoms with Crippen LogP contribution in [0.25, 0.3) is 0 Å². The maximum absolute atomic E-state index is 15.2. The fourth-order valence-electron chi connectivity index (χ4n) is 8.62. The van der Waals surface area contributed by atoms with Crippen molar-refractivity contribution in [2.75, 3.05) is 0 Å². The Morgan fingerprint density at radius 2 is 1.87 bits per heavy atom. The molecule has 0 aliphatic heterocycles. The lowest BCUT2D eigenvalue weighted by molar-refractivity contribution is -0.362. The first-order valence-electron chi connectivity index (χ1n) is 15.5. The van der Waals surface area contributed by atoms with Crippen molar-refractivity contribution in [3.05, 3.63) is 74.8 Å². The third-order valence-electron chi connectivity index (χ3n) is 10.9. The van der Waals surface area contributed by atoms with Crippen LogP contribution in [-0.4, -0.2) is 39.5 Å². The van der Waals surface area contributed by atoms with Crippen LogP contribution < -0.4 is 0 Å². The number of ketones is 1. The van der Waals surface area contributed by atoms with Crippen molar-refractivity contribution in [1.82, 2.24) is 4.98 Å². The average Bonchev–Trinajstić information content (AvgIpc) is 3.61. The Morgan fingerprint density at radius 1 is 1.13 bits per heavy atom. The zero-order chi connectivity index (χ0) is 32.4. The summed E-state index contributed by atoms with van der Waals surface area (Å²) in [6.07, 6.45) is -1.23. The van der Waals surface area contributed by atoms with Crippen molar-refractivity contribution in [2.45, 2.75) is 101 Å². The molecule has 6 rings (SSSR count). The average molecular weight is 650 g/mol. The summed E-state index contributed by atoms with van der Waals surface area (Å²) in [6.45, 7) is 3.16. The number of esters is 1. The number of alkyl halides is 5. The standard InChI is InChI=1S/C34H36F5NO4S/c1-19(44-29(42)12-11-28-40-15-16-45-28)20-3-5-21(6-4-20)26-18-31(2)27(13-14-32(31,43)33(35,36)34(37,38)39)25-9-7-22-17-23(41)8-10-24(22)30(25)26/h3-6,15-17,19,25-27,43H,7-14,18H2,1-2H3/t19?,25-,26+,27-,31-,32-/m0/s1. The highest BCUT2D eigenvalue weighted by molar-refractivity contribution is 7.09. The van der Waals surface area contributed by atoms with Crippen LogP contribution in [0.1, 0.15) is 93.4 Å². The van der Waals surface area contributed by atoms with Crippen LogP contribution in [-0.2, 0) is 20.7 Å². The monoisotopic (exact) mass is 649 g/mol. The molecular weight excluding hydrogens is 613 g/mol. The Kier molecular flexibility index (Phi) is 8.12. The van der Waals surface area contributed by atoms with Crippen LogP contribution >= 0.6 is 11.3 Å². The lowest BCUT2D eigenvalue weighted by atomic mass is 9.50. The summed E-state index contributed by atoms with van der Waals surface area (Å²) in [4.78, 5) is 28.9. The van der Waals surface area contributed by atoms with E-state index in [-0.39, 0.29) is 36.9 Å². The highest BCUT2D eigenvalue weighted by Crippen LogP contribution is 2.70. The number of halogens is 5. The first-order chi connectivity index (χ1) is 21.2. The molecule has 2 saturated carbocycles. The van der Waals surface area contributed by atoms with Crippen LogP contribution in [0.4, 0.5) is 22.0 Å². The number of carbonyl (C=O) groups is 2. The second kappa shape index (κ2) is 11.4. The molecule has 1 heterocycles. The van der Waals surface area contributed by atoms with E-state index in [1.807, 2.05) is 17.5 Å². The number of rotatable bonds is 7. The van der Waals surface area contributed by atoms with Crippen LogP contribution in [0, 0.1) is 17.3 Å². The van der Waals surface area contributed by atoms with E-state index in [1.54, 1.807) is 31.3 Å². The normalized spacial score (nSPS) is 30.7. The summed E-state index contributed by atoms with van der Waals surface area (Å²) in [5, 5.41) is 14.1. The van der Waals surface area contributed by atoms with Gasteiger partial charge in [-0.1, -0.05) is 36.8 Å². The first-order valence-corrected chi connectivity index (χ1v) is 16.4. The number of fused-ring (bicyclic) bond motifs is 4. The molecule has 1 aromatic heterocycles. The number of nitrogens with zero attached hydrogens (tertiary/aromatic N) is 1. The van der Waals surface area contributed by atoms with Gasteiger partial charge in [0.25, 0.3) is 0 Å². The topological polar surface area (TPSA) is 76.5 Å². The molecular formula is C34H36F5NO4S. The van der Waals surface area contributed by atoms with Gasteiger partial charge in [-0.3, -0.25) is 9.59 Å². The second-order valence-corrected chi connectivity index (χ2v) is 14.2. The van der Waals surface area contributed by atoms with Gasteiger partial charge in [0.05, 0.1) is 11.4 Å². The van der Waals surface area contributed by atoms with Crippen molar-refractivity contribution in [3.63, 3.8) is 0 Å². The maximum atomic E-state index is 15.2. The molecule has 2 aromatic rings. The van der Waals surface area contributed by atoms with Crippen molar-refractivity contribution in [2.24, 2.45) is 17.3 Å². The number of aryl methyl sites for hydroxylation is 1. The van der Waals surface area contributed by atoms with Crippen molar-refractivity contribution < 1.29 is 41.4 Å². The summed E-state index contributed by atoms with van der Waals surface area (Å²) in [5.41, 5.74) is -0.568. The molecule has 1 unspecified atom stereocenters. The van der Waals surface area contributed by atoms with Gasteiger partial charge >= 0.3 is 18.1 Å². The number of aromatic nitrogens is 1. The Hall–Kier alpha value is -2.92. The van der Waals surface area contributed by atoms with E-state index in [4.69, 9.17) is 4.74 Å². The molecule has 5 nitrogen and oxygen atoms in total. The van der Waals surface area contributed by atoms with Gasteiger partial charge in [0, 0.05) is 35.8 Å². The van der Waals surface area contributed by atoms with E-state index in [0.717, 1.165) is 27.3 Å². The van der Waals surface area contributed by atoms with Gasteiger partial charge in [-0.2, -0.15) is 22.0 Å².